The molecule has 17 heavy (non-hydrogen) atoms. The minimum absolute atomic E-state index is 0.935. The van der Waals surface area contributed by atoms with Gasteiger partial charge in [-0.3, -0.25) is 0 Å². The molecule has 3 heteroatoms. The van der Waals surface area contributed by atoms with Gasteiger partial charge in [0.05, 0.1) is 19.1 Å². The topological polar surface area (TPSA) is 37.9 Å². The van der Waals surface area contributed by atoms with E-state index in [9.17, 15) is 0 Å². The number of methoxy groups -OCH3 is 1. The highest BCUT2D eigenvalue weighted by molar-refractivity contribution is 5.84. The molecule has 0 bridgehead atoms. The van der Waals surface area contributed by atoms with Crippen molar-refractivity contribution >= 4 is 11.6 Å². The van der Waals surface area contributed by atoms with Gasteiger partial charge in [-0.2, -0.15) is 0 Å². The van der Waals surface area contributed by atoms with Crippen molar-refractivity contribution in [3.05, 3.63) is 47.5 Å². The van der Waals surface area contributed by atoms with E-state index in [4.69, 9.17) is 4.74 Å². The number of aromatic amines is 1. The molecule has 3 nitrogen and oxygen atoms in total. The number of fused-ring (bicyclic) bond motifs is 1. The van der Waals surface area contributed by atoms with Crippen LogP contribution in [-0.4, -0.2) is 17.1 Å². The molecule has 1 aliphatic carbocycles. The average molecular weight is 226 g/mol. The Bertz CT molecular complexity index is 556. The quantitative estimate of drug-likeness (QED) is 0.855. The Balaban J connectivity index is 1.99. The van der Waals surface area contributed by atoms with Gasteiger partial charge in [-0.05, 0) is 47.8 Å². The molecule has 0 spiro atoms. The first-order chi connectivity index (χ1) is 8.36. The molecule has 0 radical (unpaired) electrons. The molecular formula is C14H14N2O. The van der Waals surface area contributed by atoms with Crippen molar-refractivity contribution in [2.45, 2.75) is 12.8 Å². The fourth-order valence-electron chi connectivity index (χ4n) is 2.30. The molecule has 0 saturated carbocycles. The first-order valence-corrected chi connectivity index (χ1v) is 5.73. The highest BCUT2D eigenvalue weighted by Gasteiger charge is 2.16. The number of nitrogens with one attached hydrogen (secondary N) is 1. The second-order valence-corrected chi connectivity index (χ2v) is 4.19. The molecule has 1 aromatic heterocycles. The van der Waals surface area contributed by atoms with E-state index in [1.807, 2.05) is 12.3 Å². The van der Waals surface area contributed by atoms with Crippen LogP contribution in [-0.2, 0) is 6.42 Å². The Kier molecular flexibility index (Phi) is 2.44. The number of aryl methyl sites for hydroxylation is 1. The molecule has 0 fully saturated rings. The van der Waals surface area contributed by atoms with E-state index in [0.717, 1.165) is 24.3 Å². The van der Waals surface area contributed by atoms with Crippen molar-refractivity contribution in [1.29, 1.82) is 0 Å². The van der Waals surface area contributed by atoms with Crippen molar-refractivity contribution < 1.29 is 4.74 Å². The van der Waals surface area contributed by atoms with Crippen LogP contribution in [0.2, 0.25) is 0 Å². The van der Waals surface area contributed by atoms with Crippen LogP contribution in [0.15, 0.2) is 30.7 Å². The van der Waals surface area contributed by atoms with Crippen molar-refractivity contribution in [3.63, 3.8) is 0 Å². The van der Waals surface area contributed by atoms with E-state index in [0.29, 0.717) is 0 Å². The summed E-state index contributed by atoms with van der Waals surface area (Å²) in [7, 11) is 1.71. The Hall–Kier alpha value is -2.03. The Morgan fingerprint density at radius 1 is 1.35 bits per heavy atom. The van der Waals surface area contributed by atoms with Gasteiger partial charge in [0.1, 0.15) is 5.75 Å². The van der Waals surface area contributed by atoms with Crippen molar-refractivity contribution in [3.8, 4) is 5.75 Å². The zero-order valence-corrected chi connectivity index (χ0v) is 9.73. The Morgan fingerprint density at radius 2 is 2.29 bits per heavy atom. The van der Waals surface area contributed by atoms with Crippen molar-refractivity contribution in [2.75, 3.05) is 7.11 Å². The summed E-state index contributed by atoms with van der Waals surface area (Å²) < 4.78 is 5.24. The lowest BCUT2D eigenvalue weighted by atomic mass is 10.1. The summed E-state index contributed by atoms with van der Waals surface area (Å²) in [6, 6.07) is 6.28. The number of imidazole rings is 1. The number of hydrogen-bond acceptors (Lipinski definition) is 2. The molecule has 0 saturated heterocycles. The maximum absolute atomic E-state index is 5.24. The van der Waals surface area contributed by atoms with Crippen LogP contribution in [0.4, 0.5) is 0 Å². The van der Waals surface area contributed by atoms with Crippen LogP contribution in [0, 0.1) is 0 Å². The number of nitrogens with zero attached hydrogens (tertiary/aromatic N) is 1. The molecule has 0 atom stereocenters. The minimum atomic E-state index is 0.935. The zero-order valence-electron chi connectivity index (χ0n) is 9.73. The van der Waals surface area contributed by atoms with Crippen LogP contribution in [0.3, 0.4) is 0 Å². The van der Waals surface area contributed by atoms with Crippen molar-refractivity contribution in [1.82, 2.24) is 9.97 Å². The molecule has 2 aromatic rings. The lowest BCUT2D eigenvalue weighted by Gasteiger charge is -2.03. The Morgan fingerprint density at radius 3 is 3.06 bits per heavy atom. The molecule has 1 aliphatic rings. The summed E-state index contributed by atoms with van der Waals surface area (Å²) in [5.41, 5.74) is 5.04. The van der Waals surface area contributed by atoms with Gasteiger partial charge in [0, 0.05) is 6.20 Å². The van der Waals surface area contributed by atoms with Crippen molar-refractivity contribution in [2.24, 2.45) is 0 Å². The fourth-order valence-corrected chi connectivity index (χ4v) is 2.30. The van der Waals surface area contributed by atoms with Gasteiger partial charge in [0.25, 0.3) is 0 Å². The molecule has 0 amide bonds. The van der Waals surface area contributed by atoms with E-state index in [-0.39, 0.29) is 0 Å². The van der Waals surface area contributed by atoms with Crippen LogP contribution < -0.4 is 4.74 Å². The van der Waals surface area contributed by atoms with E-state index in [1.54, 1.807) is 13.4 Å². The third kappa shape index (κ3) is 1.84. The lowest BCUT2D eigenvalue weighted by molar-refractivity contribution is 0.414. The monoisotopic (exact) mass is 226 g/mol. The number of H-pyrrole nitrogens is 1. The van der Waals surface area contributed by atoms with Gasteiger partial charge in [-0.15, -0.1) is 0 Å². The van der Waals surface area contributed by atoms with Crippen LogP contribution in [0.1, 0.15) is 23.2 Å². The number of allylic oxidation sites excluding steroid dienone is 1. The predicted octanol–water partition coefficient (Wildman–Crippen LogP) is 2.91. The smallest absolute Gasteiger partial charge is 0.119 e. The standard InChI is InChI=1S/C14H14N2O/c1-17-13-4-5-14-10(2-3-11(14)7-13)6-12-8-15-9-16-12/h4-9H,2-3H2,1H3,(H,15,16)/b10-6+. The van der Waals surface area contributed by atoms with Gasteiger partial charge in [0.2, 0.25) is 0 Å². The SMILES string of the molecule is COc1ccc2c(c1)CC/C2=C\c1c[nH]cn1. The number of aromatic nitrogens is 2. The zero-order chi connectivity index (χ0) is 11.7. The minimum Gasteiger partial charge on any atom is -0.497 e. The molecule has 0 aliphatic heterocycles. The largest absolute Gasteiger partial charge is 0.497 e. The summed E-state index contributed by atoms with van der Waals surface area (Å²) in [5, 5.41) is 0. The fraction of sp³-hybridized carbons (Fsp3) is 0.214. The summed E-state index contributed by atoms with van der Waals surface area (Å²) in [6.07, 6.45) is 7.93. The van der Waals surface area contributed by atoms with E-state index in [2.05, 4.69) is 28.2 Å². The van der Waals surface area contributed by atoms with E-state index in [1.165, 1.54) is 16.7 Å². The van der Waals surface area contributed by atoms with Gasteiger partial charge in [-0.25, -0.2) is 4.98 Å². The predicted molar refractivity (Wildman–Crippen MR) is 67.8 cm³/mol. The van der Waals surface area contributed by atoms with E-state index < -0.39 is 0 Å². The molecule has 0 unspecified atom stereocenters. The Labute approximate surface area is 100 Å². The second kappa shape index (κ2) is 4.09. The average Bonchev–Trinajstić information content (AvgIpc) is 2.99. The van der Waals surface area contributed by atoms with Gasteiger partial charge < -0.3 is 9.72 Å². The molecule has 1 heterocycles. The molecular weight excluding hydrogens is 212 g/mol. The van der Waals surface area contributed by atoms with Gasteiger partial charge >= 0.3 is 0 Å². The van der Waals surface area contributed by atoms with Gasteiger partial charge in [-0.1, -0.05) is 6.07 Å². The summed E-state index contributed by atoms with van der Waals surface area (Å²) in [4.78, 5) is 7.20. The second-order valence-electron chi connectivity index (χ2n) is 4.19. The first kappa shape index (κ1) is 10.1. The normalized spacial score (nSPS) is 16.2. The number of benzene rings is 1. The highest BCUT2D eigenvalue weighted by Crippen LogP contribution is 2.35. The first-order valence-electron chi connectivity index (χ1n) is 5.73. The third-order valence-corrected chi connectivity index (χ3v) is 3.16. The third-order valence-electron chi connectivity index (χ3n) is 3.16. The lowest BCUT2D eigenvalue weighted by Crippen LogP contribution is -1.86. The summed E-state index contributed by atoms with van der Waals surface area (Å²) in [6.45, 7) is 0. The van der Waals surface area contributed by atoms with Crippen LogP contribution in [0.25, 0.3) is 11.6 Å². The van der Waals surface area contributed by atoms with Gasteiger partial charge in [0.15, 0.2) is 0 Å². The summed E-state index contributed by atoms with van der Waals surface area (Å²) in [5.74, 6) is 0.935. The molecule has 1 aromatic carbocycles. The molecule has 3 rings (SSSR count). The summed E-state index contributed by atoms with van der Waals surface area (Å²) >= 11 is 0. The molecule has 1 N–H and O–H groups in total. The van der Waals surface area contributed by atoms with Crippen LogP contribution in [0.5, 0.6) is 5.75 Å². The maximum atomic E-state index is 5.24. The number of rotatable bonds is 2. The molecule has 86 valence electrons. The van der Waals surface area contributed by atoms with E-state index >= 15 is 0 Å². The number of hydrogen-bond donors (Lipinski definition) is 1. The maximum Gasteiger partial charge on any atom is 0.119 e. The number of ether oxygens (including phenoxy) is 1. The highest BCUT2D eigenvalue weighted by atomic mass is 16.5. The van der Waals surface area contributed by atoms with Crippen LogP contribution >= 0.6 is 0 Å².